The summed E-state index contributed by atoms with van der Waals surface area (Å²) in [6.07, 6.45) is 0. The molecule has 3 aliphatic heterocycles. The molecule has 117 heavy (non-hydrogen) atoms. The van der Waals surface area contributed by atoms with Crippen LogP contribution in [0.1, 0.15) is 83.1 Å². The number of fused-ring (bicyclic) bond motifs is 21. The third kappa shape index (κ3) is 11.3. The lowest BCUT2D eigenvalue weighted by Crippen LogP contribution is -2.41. The summed E-state index contributed by atoms with van der Waals surface area (Å²) >= 11 is 0. The second kappa shape index (κ2) is 25.7. The molecule has 0 unspecified atom stereocenters. The highest BCUT2D eigenvalue weighted by Gasteiger charge is 2.55. The van der Waals surface area contributed by atoms with E-state index in [4.69, 9.17) is 54.4 Å². The molecule has 3 aliphatic rings. The van der Waals surface area contributed by atoms with Crippen molar-refractivity contribution < 1.29 is 54.4 Å². The van der Waals surface area contributed by atoms with E-state index in [2.05, 4.69) is 320 Å². The molecule has 0 saturated carbocycles. The zero-order valence-electron chi connectivity index (χ0n) is 67.1. The SMILES string of the molecule is CC1(C)OB(c2ccc3c(c2)oc2cc(-c4ccc5oc6cc7ccccc7cc6c5c4)ccc23)OC1(C)C.CC1(C)OB(c2cccc3c2oc2c(-c4c5ccccc5cc5oc6ccccc6c45)cccc23)OC1(C)C.CC1(C)OB(c2cccc3oc4ccc(-c5cccc6c5oc5cc7ccccc7cc56)cc4c23)OC1(C)C. The van der Waals surface area contributed by atoms with Gasteiger partial charge in [-0.25, -0.2) is 0 Å². The van der Waals surface area contributed by atoms with E-state index in [0.29, 0.717) is 0 Å². The highest BCUT2D eigenvalue weighted by Crippen LogP contribution is 2.49. The summed E-state index contributed by atoms with van der Waals surface area (Å²) in [5, 5.41) is 20.1. The third-order valence-electron chi connectivity index (χ3n) is 26.1. The average Bonchev–Trinajstić information content (AvgIpc) is 1.59. The molecule has 0 radical (unpaired) electrons. The summed E-state index contributed by atoms with van der Waals surface area (Å²) in [5.41, 5.74) is 17.2. The van der Waals surface area contributed by atoms with Gasteiger partial charge in [0.05, 0.1) is 33.6 Å². The standard InChI is InChI=1S/3C34H27BO4/c1-33(2)34(3,4)39-35(38-33)27-13-8-14-29-31(27)26-18-22(15-16-28(26)36-29)23-11-7-12-24-25-17-20-9-5-6-10-21(20)19-30(25)37-32(23)24;1-33(2)34(3,4)39-35(38-33)26-17-10-15-23-22-14-9-16-25(31(22)37-32(23)26)29-21-12-6-5-11-20(21)19-28-30(29)24-13-7-8-18-27(24)36-28;1-33(2)34(3,4)39-35(38-33)24-11-13-26-25-12-9-23(18-30(25)37-32(26)19-24)22-10-14-29-27(16-22)28-15-20-7-5-6-8-21(20)17-31(28)36-29/h3*5-19H,1-4H3. The van der Waals surface area contributed by atoms with E-state index in [0.717, 1.165) is 192 Å². The number of benzene rings is 15. The molecule has 3 saturated heterocycles. The van der Waals surface area contributed by atoms with Crippen molar-refractivity contribution in [3.63, 3.8) is 0 Å². The van der Waals surface area contributed by atoms with E-state index >= 15 is 0 Å². The fraction of sp³-hybridized carbons (Fsp3) is 0.176. The van der Waals surface area contributed by atoms with Crippen molar-refractivity contribution in [3.05, 3.63) is 273 Å². The minimum Gasteiger partial charge on any atom is -0.456 e. The Labute approximate surface area is 675 Å². The van der Waals surface area contributed by atoms with Crippen molar-refractivity contribution in [1.29, 1.82) is 0 Å². The molecule has 21 aromatic rings. The summed E-state index contributed by atoms with van der Waals surface area (Å²) in [7, 11) is -1.40. The van der Waals surface area contributed by atoms with Crippen LogP contribution in [0, 0.1) is 0 Å². The first-order valence-electron chi connectivity index (χ1n) is 40.3. The van der Waals surface area contributed by atoms with Crippen LogP contribution < -0.4 is 16.4 Å². The van der Waals surface area contributed by atoms with E-state index < -0.39 is 43.8 Å². The molecule has 570 valence electrons. The number of hydrogen-bond acceptors (Lipinski definition) is 12. The van der Waals surface area contributed by atoms with Crippen LogP contribution in [0.15, 0.2) is 299 Å². The molecule has 0 N–H and O–H groups in total. The quantitative estimate of drug-likeness (QED) is 0.147. The van der Waals surface area contributed by atoms with Crippen molar-refractivity contribution in [2.75, 3.05) is 0 Å². The second-order valence-electron chi connectivity index (χ2n) is 34.8. The van der Waals surface area contributed by atoms with Gasteiger partial charge < -0.3 is 54.4 Å². The van der Waals surface area contributed by atoms with E-state index in [-0.39, 0.29) is 11.2 Å². The van der Waals surface area contributed by atoms with E-state index in [1.165, 1.54) is 21.5 Å². The van der Waals surface area contributed by atoms with Gasteiger partial charge in [-0.2, -0.15) is 0 Å². The van der Waals surface area contributed by atoms with Gasteiger partial charge in [-0.15, -0.1) is 0 Å². The van der Waals surface area contributed by atoms with Crippen molar-refractivity contribution >= 4 is 202 Å². The predicted molar refractivity (Wildman–Crippen MR) is 479 cm³/mol. The minimum absolute atomic E-state index is 0.385. The van der Waals surface area contributed by atoms with Gasteiger partial charge in [0, 0.05) is 86.8 Å². The van der Waals surface area contributed by atoms with Crippen LogP contribution in [0.3, 0.4) is 0 Å². The molecule has 0 bridgehead atoms. The zero-order valence-corrected chi connectivity index (χ0v) is 67.1. The minimum atomic E-state index is -0.509. The number of hydrogen-bond donors (Lipinski definition) is 0. The molecular formula is C102H81B3O12. The van der Waals surface area contributed by atoms with Crippen LogP contribution in [0.25, 0.3) is 197 Å². The van der Waals surface area contributed by atoms with Crippen molar-refractivity contribution in [2.24, 2.45) is 0 Å². The van der Waals surface area contributed by atoms with Gasteiger partial charge in [0.25, 0.3) is 0 Å². The van der Waals surface area contributed by atoms with Crippen LogP contribution in [-0.4, -0.2) is 55.0 Å². The lowest BCUT2D eigenvalue weighted by Gasteiger charge is -2.32. The second-order valence-corrected chi connectivity index (χ2v) is 34.8. The fourth-order valence-electron chi connectivity index (χ4n) is 17.7. The van der Waals surface area contributed by atoms with Crippen LogP contribution in [0.4, 0.5) is 0 Å². The van der Waals surface area contributed by atoms with Gasteiger partial charge in [-0.1, -0.05) is 188 Å². The lowest BCUT2D eigenvalue weighted by atomic mass is 9.76. The Hall–Kier alpha value is -12.2. The largest absolute Gasteiger partial charge is 0.498 e. The van der Waals surface area contributed by atoms with Crippen LogP contribution >= 0.6 is 0 Å². The number of rotatable bonds is 6. The summed E-state index contributed by atoms with van der Waals surface area (Å²) < 4.78 is 76.8. The fourth-order valence-corrected chi connectivity index (χ4v) is 17.7. The summed E-state index contributed by atoms with van der Waals surface area (Å²) in [5.74, 6) is 0. The maximum atomic E-state index is 6.81. The Bertz CT molecular complexity index is 7680. The predicted octanol–water partition coefficient (Wildman–Crippen LogP) is 25.8. The summed E-state index contributed by atoms with van der Waals surface area (Å²) in [6, 6.07) is 94.9. The van der Waals surface area contributed by atoms with Crippen molar-refractivity contribution in [1.82, 2.24) is 0 Å². The Balaban J connectivity index is 0.000000106. The van der Waals surface area contributed by atoms with Crippen LogP contribution in [0.2, 0.25) is 0 Å². The van der Waals surface area contributed by atoms with E-state index in [9.17, 15) is 0 Å². The monoisotopic (exact) mass is 1530 g/mol. The first-order chi connectivity index (χ1) is 56.4. The maximum Gasteiger partial charge on any atom is 0.498 e. The van der Waals surface area contributed by atoms with E-state index in [1.807, 2.05) is 36.4 Å². The molecule has 3 fully saturated rings. The molecule has 15 aromatic carbocycles. The first-order valence-corrected chi connectivity index (χ1v) is 40.3. The molecule has 15 heteroatoms. The smallest absolute Gasteiger partial charge is 0.456 e. The molecule has 0 atom stereocenters. The topological polar surface area (TPSA) is 134 Å². The van der Waals surface area contributed by atoms with Crippen molar-refractivity contribution in [2.45, 2.75) is 117 Å². The highest BCUT2D eigenvalue weighted by molar-refractivity contribution is 6.66. The molecule has 12 nitrogen and oxygen atoms in total. The Morgan fingerprint density at radius 3 is 1.28 bits per heavy atom. The molecule has 9 heterocycles. The molecule has 24 rings (SSSR count). The van der Waals surface area contributed by atoms with E-state index in [1.54, 1.807) is 0 Å². The summed E-state index contributed by atoms with van der Waals surface area (Å²) in [6.45, 7) is 24.9. The average molecular weight is 1530 g/mol. The lowest BCUT2D eigenvalue weighted by molar-refractivity contribution is 0.00578. The molecular weight excluding hydrogens is 1450 g/mol. The Morgan fingerprint density at radius 1 is 0.205 bits per heavy atom. The maximum absolute atomic E-state index is 6.81. The first kappa shape index (κ1) is 71.4. The van der Waals surface area contributed by atoms with Gasteiger partial charge in [0.1, 0.15) is 67.0 Å². The van der Waals surface area contributed by atoms with Gasteiger partial charge in [-0.3, -0.25) is 0 Å². The molecule has 0 aliphatic carbocycles. The highest BCUT2D eigenvalue weighted by atomic mass is 16.7. The van der Waals surface area contributed by atoms with Crippen molar-refractivity contribution in [3.8, 4) is 33.4 Å². The summed E-state index contributed by atoms with van der Waals surface area (Å²) in [4.78, 5) is 0. The number of furan rings is 6. The molecule has 0 spiro atoms. The normalized spacial score (nSPS) is 16.9. The van der Waals surface area contributed by atoms with Gasteiger partial charge >= 0.3 is 21.4 Å². The van der Waals surface area contributed by atoms with Crippen LogP contribution in [0.5, 0.6) is 0 Å². The number of para-hydroxylation sites is 4. The van der Waals surface area contributed by atoms with Crippen LogP contribution in [-0.2, 0) is 27.9 Å². The zero-order chi connectivity index (χ0) is 79.6. The molecule has 0 amide bonds. The Morgan fingerprint density at radius 2 is 0.607 bits per heavy atom. The third-order valence-corrected chi connectivity index (χ3v) is 26.1. The Kier molecular flexibility index (Phi) is 15.7. The van der Waals surface area contributed by atoms with Gasteiger partial charge in [0.2, 0.25) is 0 Å². The van der Waals surface area contributed by atoms with Gasteiger partial charge in [-0.05, 0) is 228 Å². The van der Waals surface area contributed by atoms with Gasteiger partial charge in [0.15, 0.2) is 0 Å². The molecule has 6 aromatic heterocycles.